The van der Waals surface area contributed by atoms with Crippen molar-refractivity contribution in [2.45, 2.75) is 37.1 Å². The van der Waals surface area contributed by atoms with Crippen LogP contribution in [0.1, 0.15) is 43.0 Å². The summed E-state index contributed by atoms with van der Waals surface area (Å²) in [5.41, 5.74) is 4.26. The zero-order valence-corrected chi connectivity index (χ0v) is 17.4. The van der Waals surface area contributed by atoms with Crippen molar-refractivity contribution in [2.75, 3.05) is 46.9 Å². The van der Waals surface area contributed by atoms with E-state index in [1.54, 1.807) is 7.11 Å². The summed E-state index contributed by atoms with van der Waals surface area (Å²) in [5, 5.41) is 11.8. The number of aromatic nitrogens is 1. The number of fused-ring (bicyclic) bond motifs is 4. The summed E-state index contributed by atoms with van der Waals surface area (Å²) >= 11 is 0. The second kappa shape index (κ2) is 6.75. The first-order valence-electron chi connectivity index (χ1n) is 10.8. The number of nitrogens with zero attached hydrogens (tertiary/aromatic N) is 3. The van der Waals surface area contributed by atoms with Crippen molar-refractivity contribution in [3.05, 3.63) is 29.5 Å². The molecule has 5 rings (SSSR count). The highest BCUT2D eigenvalue weighted by Crippen LogP contribution is 2.50. The Hall–Kier alpha value is -1.56. The third-order valence-corrected chi connectivity index (χ3v) is 7.55. The molecule has 0 bridgehead atoms. The molecule has 1 atom stereocenters. The summed E-state index contributed by atoms with van der Waals surface area (Å²) < 4.78 is 7.86. The second-order valence-electron chi connectivity index (χ2n) is 9.36. The summed E-state index contributed by atoms with van der Waals surface area (Å²) in [5.74, 6) is 1.73. The number of hydrogen-bond donors (Lipinski definition) is 1. The highest BCUT2D eigenvalue weighted by atomic mass is 16.5. The molecular formula is C23H33N3O2. The summed E-state index contributed by atoms with van der Waals surface area (Å²) in [6.07, 6.45) is 5.09. The first kappa shape index (κ1) is 18.5. The fraction of sp³-hybridized carbons (Fsp3) is 0.652. The lowest BCUT2D eigenvalue weighted by atomic mass is 9.68. The van der Waals surface area contributed by atoms with Crippen LogP contribution in [0.5, 0.6) is 5.75 Å². The number of aliphatic hydroxyl groups is 1. The first-order chi connectivity index (χ1) is 13.6. The van der Waals surface area contributed by atoms with Crippen molar-refractivity contribution in [2.24, 2.45) is 13.0 Å². The molecule has 1 saturated heterocycles. The smallest absolute Gasteiger partial charge is 0.120 e. The van der Waals surface area contributed by atoms with Crippen LogP contribution in [0.15, 0.2) is 18.2 Å². The van der Waals surface area contributed by atoms with E-state index in [1.807, 2.05) is 0 Å². The minimum absolute atomic E-state index is 0.101. The average Bonchev–Trinajstić information content (AvgIpc) is 3.48. The molecule has 3 heterocycles. The lowest BCUT2D eigenvalue weighted by molar-refractivity contribution is 0.0478. The van der Waals surface area contributed by atoms with Crippen LogP contribution in [0.3, 0.4) is 0 Å². The molecule has 28 heavy (non-hydrogen) atoms. The van der Waals surface area contributed by atoms with Crippen LogP contribution in [0, 0.1) is 5.92 Å². The Balaban J connectivity index is 1.71. The molecule has 0 unspecified atom stereocenters. The number of rotatable bonds is 4. The monoisotopic (exact) mass is 383 g/mol. The van der Waals surface area contributed by atoms with E-state index < -0.39 is 0 Å². The van der Waals surface area contributed by atoms with Crippen molar-refractivity contribution in [1.29, 1.82) is 0 Å². The number of piperidine rings is 1. The average molecular weight is 384 g/mol. The number of aryl methyl sites for hydroxylation is 1. The lowest BCUT2D eigenvalue weighted by Crippen LogP contribution is -2.54. The van der Waals surface area contributed by atoms with E-state index in [4.69, 9.17) is 4.74 Å². The van der Waals surface area contributed by atoms with Gasteiger partial charge in [0.15, 0.2) is 0 Å². The lowest BCUT2D eigenvalue weighted by Gasteiger charge is -2.50. The summed E-state index contributed by atoms with van der Waals surface area (Å²) in [6, 6.07) is 6.60. The molecule has 152 valence electrons. The topological polar surface area (TPSA) is 40.9 Å². The Morgan fingerprint density at radius 2 is 1.93 bits per heavy atom. The van der Waals surface area contributed by atoms with Gasteiger partial charge in [0.1, 0.15) is 5.75 Å². The number of likely N-dealkylation sites (tertiary alicyclic amines) is 1. The molecule has 1 aliphatic carbocycles. The van der Waals surface area contributed by atoms with Crippen LogP contribution < -0.4 is 4.74 Å². The number of benzene rings is 1. The minimum atomic E-state index is 0.101. The van der Waals surface area contributed by atoms with Crippen molar-refractivity contribution in [1.82, 2.24) is 14.4 Å². The maximum Gasteiger partial charge on any atom is 0.120 e. The van der Waals surface area contributed by atoms with E-state index in [-0.39, 0.29) is 18.1 Å². The number of aliphatic hydroxyl groups excluding tert-OH is 1. The highest BCUT2D eigenvalue weighted by Gasteiger charge is 2.48. The maximum atomic E-state index is 10.4. The predicted molar refractivity (Wildman–Crippen MR) is 112 cm³/mol. The van der Waals surface area contributed by atoms with E-state index in [0.717, 1.165) is 37.8 Å². The van der Waals surface area contributed by atoms with Gasteiger partial charge in [-0.3, -0.25) is 4.90 Å². The molecule has 1 aromatic heterocycles. The van der Waals surface area contributed by atoms with Crippen LogP contribution in [0.4, 0.5) is 0 Å². The molecule has 0 radical (unpaired) electrons. The molecule has 1 aromatic carbocycles. The van der Waals surface area contributed by atoms with Gasteiger partial charge >= 0.3 is 0 Å². The summed E-state index contributed by atoms with van der Waals surface area (Å²) in [7, 11) is 6.14. The van der Waals surface area contributed by atoms with E-state index in [1.165, 1.54) is 47.8 Å². The van der Waals surface area contributed by atoms with Gasteiger partial charge in [-0.2, -0.15) is 0 Å². The third kappa shape index (κ3) is 2.78. The molecule has 1 saturated carbocycles. The van der Waals surface area contributed by atoms with Crippen LogP contribution in [0.25, 0.3) is 10.9 Å². The van der Waals surface area contributed by atoms with Gasteiger partial charge in [0.25, 0.3) is 0 Å². The fourth-order valence-corrected chi connectivity index (χ4v) is 5.74. The van der Waals surface area contributed by atoms with Gasteiger partial charge in [0, 0.05) is 42.7 Å². The standard InChI is InChI=1S/C23H33N3O2/c1-24-10-8-23(9-11-24)15-26(13-16-4-5-16)20(14-27)22-21(23)18-7-6-17(28-3)12-19(18)25(22)2/h6-7,12,16,20,27H,4-5,8-11,13-15H2,1-3H3/t20-/m0/s1. The SMILES string of the molecule is COc1ccc2c3c(n(C)c2c1)[C@H](CO)N(CC1CC1)CC31CCN(C)CC1. The summed E-state index contributed by atoms with van der Waals surface area (Å²) in [6.45, 7) is 4.70. The maximum absolute atomic E-state index is 10.4. The number of methoxy groups -OCH3 is 1. The Morgan fingerprint density at radius 3 is 2.57 bits per heavy atom. The Kier molecular flexibility index (Phi) is 4.45. The van der Waals surface area contributed by atoms with Crippen LogP contribution in [-0.2, 0) is 12.5 Å². The minimum Gasteiger partial charge on any atom is -0.497 e. The molecule has 5 nitrogen and oxygen atoms in total. The van der Waals surface area contributed by atoms with Gasteiger partial charge in [-0.15, -0.1) is 0 Å². The van der Waals surface area contributed by atoms with Crippen molar-refractivity contribution < 1.29 is 9.84 Å². The zero-order valence-electron chi connectivity index (χ0n) is 17.4. The van der Waals surface area contributed by atoms with E-state index in [2.05, 4.69) is 46.7 Å². The van der Waals surface area contributed by atoms with Crippen LogP contribution in [0.2, 0.25) is 0 Å². The normalized spacial score (nSPS) is 25.4. The van der Waals surface area contributed by atoms with Crippen molar-refractivity contribution in [3.63, 3.8) is 0 Å². The fourth-order valence-electron chi connectivity index (χ4n) is 5.74. The molecular weight excluding hydrogens is 350 g/mol. The van der Waals surface area contributed by atoms with Crippen LogP contribution in [-0.4, -0.2) is 66.4 Å². The van der Waals surface area contributed by atoms with Gasteiger partial charge in [0.2, 0.25) is 0 Å². The van der Waals surface area contributed by atoms with Crippen molar-refractivity contribution in [3.8, 4) is 5.75 Å². The molecule has 2 aliphatic heterocycles. The van der Waals surface area contributed by atoms with E-state index in [9.17, 15) is 5.11 Å². The first-order valence-corrected chi connectivity index (χ1v) is 10.8. The Bertz CT molecular complexity index is 878. The molecule has 5 heteroatoms. The molecule has 1 N–H and O–H groups in total. The van der Waals surface area contributed by atoms with Crippen molar-refractivity contribution >= 4 is 10.9 Å². The Morgan fingerprint density at radius 1 is 1.18 bits per heavy atom. The molecule has 2 fully saturated rings. The molecule has 2 aromatic rings. The largest absolute Gasteiger partial charge is 0.497 e. The van der Waals surface area contributed by atoms with Gasteiger partial charge in [-0.25, -0.2) is 0 Å². The number of hydrogen-bond acceptors (Lipinski definition) is 4. The second-order valence-corrected chi connectivity index (χ2v) is 9.36. The predicted octanol–water partition coefficient (Wildman–Crippen LogP) is 2.91. The number of ether oxygens (including phenoxy) is 1. The highest BCUT2D eigenvalue weighted by molar-refractivity contribution is 5.88. The quantitative estimate of drug-likeness (QED) is 0.881. The van der Waals surface area contributed by atoms with Gasteiger partial charge in [0.05, 0.1) is 25.3 Å². The van der Waals surface area contributed by atoms with Gasteiger partial charge in [-0.1, -0.05) is 0 Å². The zero-order chi connectivity index (χ0) is 19.5. The molecule has 3 aliphatic rings. The van der Waals surface area contributed by atoms with Gasteiger partial charge < -0.3 is 19.3 Å². The van der Waals surface area contributed by atoms with E-state index >= 15 is 0 Å². The summed E-state index contributed by atoms with van der Waals surface area (Å²) in [4.78, 5) is 5.07. The third-order valence-electron chi connectivity index (χ3n) is 7.55. The van der Waals surface area contributed by atoms with Crippen LogP contribution >= 0.6 is 0 Å². The Labute approximate surface area is 167 Å². The molecule has 0 amide bonds. The molecule has 1 spiro atoms. The van der Waals surface area contributed by atoms with E-state index in [0.29, 0.717) is 0 Å². The van der Waals surface area contributed by atoms with Gasteiger partial charge in [-0.05, 0) is 69.4 Å².